The van der Waals surface area contributed by atoms with Crippen LogP contribution in [0.15, 0.2) is 70.4 Å². The number of hydrogen-bond acceptors (Lipinski definition) is 9. The Hall–Kier alpha value is -4.53. The van der Waals surface area contributed by atoms with Crippen LogP contribution in [0, 0.1) is 10.1 Å². The summed E-state index contributed by atoms with van der Waals surface area (Å²) in [6, 6.07) is 4.11. The Kier molecular flexibility index (Phi) is 8.56. The van der Waals surface area contributed by atoms with E-state index >= 15 is 0 Å². The lowest BCUT2D eigenvalue weighted by Gasteiger charge is -2.29. The van der Waals surface area contributed by atoms with Crippen LogP contribution in [0.4, 0.5) is 18.9 Å². The third-order valence-corrected chi connectivity index (χ3v) is 6.63. The van der Waals surface area contributed by atoms with E-state index in [9.17, 15) is 28.1 Å². The van der Waals surface area contributed by atoms with Crippen molar-refractivity contribution in [2.45, 2.75) is 25.7 Å². The number of carbonyl (C=O) groups excluding carboxylic acids is 1. The van der Waals surface area contributed by atoms with Crippen molar-refractivity contribution in [3.8, 4) is 0 Å². The van der Waals surface area contributed by atoms with Gasteiger partial charge >= 0.3 is 12.0 Å². The number of aliphatic imine (C=N–C) groups is 1. The summed E-state index contributed by atoms with van der Waals surface area (Å²) in [7, 11) is 3.78. The zero-order valence-electron chi connectivity index (χ0n) is 22.9. The predicted octanol–water partition coefficient (Wildman–Crippen LogP) is 1.68. The Morgan fingerprint density at radius 2 is 2.05 bits per heavy atom. The molecule has 3 heterocycles. The molecule has 41 heavy (non-hydrogen) atoms. The molecule has 15 heteroatoms. The molecule has 12 nitrogen and oxygen atoms in total. The van der Waals surface area contributed by atoms with Crippen molar-refractivity contribution in [2.75, 3.05) is 45.8 Å². The number of amides is 1. The van der Waals surface area contributed by atoms with Crippen molar-refractivity contribution in [1.82, 2.24) is 26.6 Å². The highest BCUT2D eigenvalue weighted by atomic mass is 19.4. The Morgan fingerprint density at radius 3 is 2.76 bits per heavy atom. The minimum atomic E-state index is -4.48. The lowest BCUT2D eigenvalue weighted by molar-refractivity contribution is -0.880. The normalized spacial score (nSPS) is 18.7. The van der Waals surface area contributed by atoms with Crippen LogP contribution in [-0.4, -0.2) is 67.8 Å². The molecule has 0 saturated heterocycles. The van der Waals surface area contributed by atoms with Crippen LogP contribution >= 0.6 is 0 Å². The number of benzene rings is 1. The quantitative estimate of drug-likeness (QED) is 0.113. The smallest absolute Gasteiger partial charge is 0.366 e. The van der Waals surface area contributed by atoms with E-state index in [2.05, 4.69) is 36.9 Å². The van der Waals surface area contributed by atoms with Crippen molar-refractivity contribution >= 4 is 17.4 Å². The van der Waals surface area contributed by atoms with Crippen LogP contribution in [-0.2, 0) is 17.4 Å². The van der Waals surface area contributed by atoms with Gasteiger partial charge in [-0.25, -0.2) is 4.99 Å². The lowest BCUT2D eigenvalue weighted by atomic mass is 10.0. The number of nitrogens with one attached hydrogen (secondary N) is 6. The van der Waals surface area contributed by atoms with Gasteiger partial charge in [0.1, 0.15) is 25.2 Å². The lowest BCUT2D eigenvalue weighted by Crippen LogP contribution is -2.46. The number of rotatable bonds is 9. The second-order valence-corrected chi connectivity index (χ2v) is 10.3. The molecule has 0 fully saturated rings. The number of amidine groups is 1. The first-order valence-electron chi connectivity index (χ1n) is 12.9. The van der Waals surface area contributed by atoms with E-state index in [4.69, 9.17) is 0 Å². The first kappa shape index (κ1) is 29.5. The van der Waals surface area contributed by atoms with E-state index in [0.29, 0.717) is 47.0 Å². The van der Waals surface area contributed by atoms with E-state index < -0.39 is 22.8 Å². The molecule has 220 valence electrons. The standard InChI is InChI=1S/C26H32F3N9O3/c1-4-16-7-8-17(10-19(16)26(27,28)29)35-24-18-11-22(30-12-20(18)31-14-33-24)36-23(39)6-5-9-38(2,3)13-21-25(37(40)41)34-15-32-21/h5-8,10-12,22,30-32,34H,4,9,13-15H2,1-3H3,(H-,33,35,36,39)/p+1/b6-5+. The number of nitro groups is 1. The van der Waals surface area contributed by atoms with Gasteiger partial charge in [-0.2, -0.15) is 13.2 Å². The van der Waals surface area contributed by atoms with Gasteiger partial charge in [0.15, 0.2) is 12.4 Å². The molecule has 4 rings (SSSR count). The van der Waals surface area contributed by atoms with Crippen molar-refractivity contribution < 1.29 is 27.4 Å². The summed E-state index contributed by atoms with van der Waals surface area (Å²) in [6.45, 7) is 3.00. The maximum atomic E-state index is 13.5. The average Bonchev–Trinajstić information content (AvgIpc) is 3.36. The van der Waals surface area contributed by atoms with Crippen LogP contribution in [0.25, 0.3) is 0 Å². The molecule has 0 aromatic heterocycles. The topological polar surface area (TPSA) is 145 Å². The number of alkyl halides is 3. The second kappa shape index (κ2) is 11.9. The summed E-state index contributed by atoms with van der Waals surface area (Å²) in [5.41, 5.74) is 1.55. The molecule has 3 aliphatic rings. The molecule has 0 saturated carbocycles. The van der Waals surface area contributed by atoms with E-state index in [1.165, 1.54) is 12.1 Å². The zero-order chi connectivity index (χ0) is 29.8. The van der Waals surface area contributed by atoms with Gasteiger partial charge in [-0.05, 0) is 41.2 Å². The predicted molar refractivity (Wildman–Crippen MR) is 147 cm³/mol. The van der Waals surface area contributed by atoms with Crippen LogP contribution in [0.5, 0.6) is 0 Å². The molecule has 0 bridgehead atoms. The molecular formula is C26H33F3N9O3+. The highest BCUT2D eigenvalue weighted by molar-refractivity contribution is 6.11. The summed E-state index contributed by atoms with van der Waals surface area (Å²) < 4.78 is 41.0. The number of nitrogens with zero attached hydrogens (tertiary/aromatic N) is 3. The first-order chi connectivity index (χ1) is 19.4. The summed E-state index contributed by atoms with van der Waals surface area (Å²) in [5.74, 6) is -0.0431. The fraction of sp³-hybridized carbons (Fsp3) is 0.385. The van der Waals surface area contributed by atoms with Crippen molar-refractivity contribution in [1.29, 1.82) is 0 Å². The number of carbonyl (C=O) groups is 1. The minimum absolute atomic E-state index is 0.0462. The SMILES string of the molecule is CCc1ccc(NC2=NCNC3=CNC(NC(=O)/C=C/C[N+](C)(C)CC4=C([N+](=O)[O-])NCN4)C=C32)cc1C(F)(F)F. The summed E-state index contributed by atoms with van der Waals surface area (Å²) in [6.07, 6.45) is 1.65. The van der Waals surface area contributed by atoms with Crippen LogP contribution < -0.4 is 31.9 Å². The molecule has 6 N–H and O–H groups in total. The maximum Gasteiger partial charge on any atom is 0.416 e. The Bertz CT molecular complexity index is 1360. The Labute approximate surface area is 234 Å². The van der Waals surface area contributed by atoms with Crippen LogP contribution in [0.2, 0.25) is 0 Å². The number of hydrogen-bond donors (Lipinski definition) is 6. The van der Waals surface area contributed by atoms with E-state index in [0.717, 1.165) is 6.07 Å². The molecular weight excluding hydrogens is 543 g/mol. The largest absolute Gasteiger partial charge is 0.416 e. The van der Waals surface area contributed by atoms with Gasteiger partial charge in [0, 0.05) is 23.5 Å². The van der Waals surface area contributed by atoms with Crippen molar-refractivity contribution in [2.24, 2.45) is 4.99 Å². The summed E-state index contributed by atoms with van der Waals surface area (Å²) >= 11 is 0. The van der Waals surface area contributed by atoms with Gasteiger partial charge in [0.25, 0.3) is 0 Å². The Balaban J connectivity index is 1.39. The highest BCUT2D eigenvalue weighted by Gasteiger charge is 2.33. The molecule has 1 atom stereocenters. The monoisotopic (exact) mass is 576 g/mol. The molecule has 1 aromatic carbocycles. The highest BCUT2D eigenvalue weighted by Crippen LogP contribution is 2.34. The third kappa shape index (κ3) is 7.36. The molecule has 3 aliphatic heterocycles. The summed E-state index contributed by atoms with van der Waals surface area (Å²) in [5, 5.41) is 28.8. The minimum Gasteiger partial charge on any atom is -0.366 e. The van der Waals surface area contributed by atoms with E-state index in [-0.39, 0.29) is 36.1 Å². The first-order valence-corrected chi connectivity index (χ1v) is 12.9. The molecule has 1 aromatic rings. The van der Waals surface area contributed by atoms with Crippen LogP contribution in [0.3, 0.4) is 0 Å². The maximum absolute atomic E-state index is 13.5. The summed E-state index contributed by atoms with van der Waals surface area (Å²) in [4.78, 5) is 27.7. The number of likely N-dealkylation sites (N-methyl/N-ethyl adjacent to an activating group) is 1. The molecule has 0 spiro atoms. The number of fused-ring (bicyclic) bond motifs is 1. The number of aryl methyl sites for hydroxylation is 1. The molecule has 0 radical (unpaired) electrons. The van der Waals surface area contributed by atoms with E-state index in [1.807, 2.05) is 14.1 Å². The van der Waals surface area contributed by atoms with Crippen molar-refractivity contribution in [3.05, 3.63) is 86.7 Å². The van der Waals surface area contributed by atoms with Gasteiger partial charge in [0.2, 0.25) is 5.91 Å². The molecule has 0 aliphatic carbocycles. The van der Waals surface area contributed by atoms with E-state index in [1.54, 1.807) is 31.3 Å². The van der Waals surface area contributed by atoms with Gasteiger partial charge in [-0.1, -0.05) is 13.0 Å². The van der Waals surface area contributed by atoms with Gasteiger partial charge < -0.3 is 41.2 Å². The fourth-order valence-corrected chi connectivity index (χ4v) is 4.62. The fourth-order valence-electron chi connectivity index (χ4n) is 4.62. The van der Waals surface area contributed by atoms with Gasteiger partial charge in [-0.3, -0.25) is 10.1 Å². The molecule has 1 amide bonds. The molecule has 1 unspecified atom stereocenters. The zero-order valence-corrected chi connectivity index (χ0v) is 22.9. The average molecular weight is 577 g/mol. The van der Waals surface area contributed by atoms with Crippen molar-refractivity contribution in [3.63, 3.8) is 0 Å². The third-order valence-electron chi connectivity index (χ3n) is 6.63. The second-order valence-electron chi connectivity index (χ2n) is 10.3. The van der Waals surface area contributed by atoms with Crippen LogP contribution in [0.1, 0.15) is 18.1 Å². The van der Waals surface area contributed by atoms with Gasteiger partial charge in [-0.15, -0.1) is 0 Å². The number of dihydropyridines is 1. The van der Waals surface area contributed by atoms with Gasteiger partial charge in [0.05, 0.1) is 31.9 Å². The number of halogens is 3. The Morgan fingerprint density at radius 1 is 1.27 bits per heavy atom. The number of quaternary nitrogens is 1. The number of anilines is 1.